The highest BCUT2D eigenvalue weighted by Crippen LogP contribution is 2.06. The lowest BCUT2D eigenvalue weighted by molar-refractivity contribution is 0.0950. The van der Waals surface area contributed by atoms with Crippen LogP contribution in [0.4, 0.5) is 5.95 Å². The molecule has 0 aliphatic rings. The predicted octanol–water partition coefficient (Wildman–Crippen LogP) is 2.04. The number of carbonyl (C=O) groups excluding carboxylic acids is 1. The molecule has 0 aliphatic heterocycles. The van der Waals surface area contributed by atoms with Crippen LogP contribution >= 0.6 is 0 Å². The third kappa shape index (κ3) is 4.51. The highest BCUT2D eigenvalue weighted by molar-refractivity contribution is 5.93. The summed E-state index contributed by atoms with van der Waals surface area (Å²) in [5.74, 6) is 0.457. The number of anilines is 1. The molecule has 0 saturated heterocycles. The summed E-state index contributed by atoms with van der Waals surface area (Å²) in [6.45, 7) is 3.51. The van der Waals surface area contributed by atoms with Gasteiger partial charge in [0.15, 0.2) is 0 Å². The number of rotatable bonds is 7. The van der Waals surface area contributed by atoms with E-state index in [0.717, 1.165) is 24.9 Å². The first kappa shape index (κ1) is 15.9. The van der Waals surface area contributed by atoms with Gasteiger partial charge in [0, 0.05) is 44.9 Å². The summed E-state index contributed by atoms with van der Waals surface area (Å²) in [5.41, 5.74) is 1.46. The molecule has 0 saturated carbocycles. The van der Waals surface area contributed by atoms with Gasteiger partial charge in [0.1, 0.15) is 0 Å². The number of hydrogen-bond acceptors (Lipinski definition) is 5. The van der Waals surface area contributed by atoms with Crippen molar-refractivity contribution in [3.8, 4) is 0 Å². The Morgan fingerprint density at radius 3 is 2.55 bits per heavy atom. The summed E-state index contributed by atoms with van der Waals surface area (Å²) in [6, 6.07) is 3.73. The Kier molecular flexibility index (Phi) is 5.82. The third-order valence-electron chi connectivity index (χ3n) is 3.29. The lowest BCUT2D eigenvalue weighted by Gasteiger charge is -2.16. The fourth-order valence-corrected chi connectivity index (χ4v) is 1.92. The van der Waals surface area contributed by atoms with Gasteiger partial charge in [-0.1, -0.05) is 13.3 Å². The van der Waals surface area contributed by atoms with E-state index in [2.05, 4.69) is 27.2 Å². The van der Waals surface area contributed by atoms with Crippen molar-refractivity contribution in [3.05, 3.63) is 48.0 Å². The Balaban J connectivity index is 1.90. The normalized spacial score (nSPS) is 10.3. The van der Waals surface area contributed by atoms with E-state index in [4.69, 9.17) is 0 Å². The van der Waals surface area contributed by atoms with Gasteiger partial charge in [-0.15, -0.1) is 0 Å². The molecule has 0 atom stereocenters. The minimum atomic E-state index is -0.181. The summed E-state index contributed by atoms with van der Waals surface area (Å²) in [7, 11) is 1.95. The first-order valence-corrected chi connectivity index (χ1v) is 7.41. The maximum Gasteiger partial charge on any atom is 0.254 e. The minimum absolute atomic E-state index is 0.181. The van der Waals surface area contributed by atoms with E-state index < -0.39 is 0 Å². The molecule has 0 aliphatic carbocycles. The monoisotopic (exact) mass is 299 g/mol. The number of nitrogens with zero attached hydrogens (tertiary/aromatic N) is 4. The summed E-state index contributed by atoms with van der Waals surface area (Å²) in [4.78, 5) is 26.5. The Morgan fingerprint density at radius 2 is 1.91 bits per heavy atom. The van der Waals surface area contributed by atoms with Gasteiger partial charge in [-0.2, -0.15) is 0 Å². The molecule has 2 heterocycles. The molecule has 2 rings (SSSR count). The molecule has 0 bridgehead atoms. The van der Waals surface area contributed by atoms with Gasteiger partial charge in [-0.25, -0.2) is 9.97 Å². The standard InChI is InChI=1S/C16H21N5O/c1-3-4-9-21(2)16-19-11-14(12-20-16)15(22)18-10-13-5-7-17-8-6-13/h5-8,11-12H,3-4,9-10H2,1-2H3,(H,18,22). The van der Waals surface area contributed by atoms with Crippen LogP contribution in [0.3, 0.4) is 0 Å². The molecule has 6 heteroatoms. The van der Waals surface area contributed by atoms with E-state index in [1.807, 2.05) is 24.1 Å². The second-order valence-corrected chi connectivity index (χ2v) is 5.08. The second-order valence-electron chi connectivity index (χ2n) is 5.08. The van der Waals surface area contributed by atoms with Crippen LogP contribution in [0.15, 0.2) is 36.9 Å². The molecule has 0 unspecified atom stereocenters. The van der Waals surface area contributed by atoms with Gasteiger partial charge in [0.2, 0.25) is 5.95 Å². The highest BCUT2D eigenvalue weighted by Gasteiger charge is 2.09. The van der Waals surface area contributed by atoms with Crippen LogP contribution in [0.1, 0.15) is 35.7 Å². The van der Waals surface area contributed by atoms with Crippen molar-refractivity contribution in [2.24, 2.45) is 0 Å². The van der Waals surface area contributed by atoms with Gasteiger partial charge in [0.05, 0.1) is 5.56 Å². The first-order valence-electron chi connectivity index (χ1n) is 7.41. The SMILES string of the molecule is CCCCN(C)c1ncc(C(=O)NCc2ccncc2)cn1. The Labute approximate surface area is 130 Å². The number of amides is 1. The van der Waals surface area contributed by atoms with E-state index in [1.165, 1.54) is 0 Å². The smallest absolute Gasteiger partial charge is 0.254 e. The molecule has 0 radical (unpaired) electrons. The quantitative estimate of drug-likeness (QED) is 0.847. The zero-order valence-electron chi connectivity index (χ0n) is 13.0. The topological polar surface area (TPSA) is 71.0 Å². The van der Waals surface area contributed by atoms with Gasteiger partial charge >= 0.3 is 0 Å². The largest absolute Gasteiger partial charge is 0.348 e. The van der Waals surface area contributed by atoms with Crippen molar-refractivity contribution >= 4 is 11.9 Å². The molecule has 22 heavy (non-hydrogen) atoms. The van der Waals surface area contributed by atoms with Crippen LogP contribution in [0.5, 0.6) is 0 Å². The zero-order chi connectivity index (χ0) is 15.8. The summed E-state index contributed by atoms with van der Waals surface area (Å²) < 4.78 is 0. The average Bonchev–Trinajstić information content (AvgIpc) is 2.58. The van der Waals surface area contributed by atoms with Gasteiger partial charge < -0.3 is 10.2 Å². The third-order valence-corrected chi connectivity index (χ3v) is 3.29. The summed E-state index contributed by atoms with van der Waals surface area (Å²) in [6.07, 6.45) is 8.74. The molecule has 116 valence electrons. The van der Waals surface area contributed by atoms with Crippen LogP contribution in [-0.4, -0.2) is 34.5 Å². The predicted molar refractivity (Wildman–Crippen MR) is 85.6 cm³/mol. The number of nitrogens with one attached hydrogen (secondary N) is 1. The van der Waals surface area contributed by atoms with Crippen LogP contribution in [0, 0.1) is 0 Å². The Bertz CT molecular complexity index is 585. The molecule has 2 aromatic rings. The van der Waals surface area contributed by atoms with Crippen molar-refractivity contribution in [2.45, 2.75) is 26.3 Å². The van der Waals surface area contributed by atoms with Crippen LogP contribution < -0.4 is 10.2 Å². The maximum absolute atomic E-state index is 12.1. The molecular weight excluding hydrogens is 278 g/mol. The molecular formula is C16H21N5O. The van der Waals surface area contributed by atoms with E-state index >= 15 is 0 Å². The first-order chi connectivity index (χ1) is 10.7. The van der Waals surface area contributed by atoms with Gasteiger partial charge in [-0.3, -0.25) is 9.78 Å². The maximum atomic E-state index is 12.1. The summed E-state index contributed by atoms with van der Waals surface area (Å²) in [5, 5.41) is 2.84. The fourth-order valence-electron chi connectivity index (χ4n) is 1.92. The van der Waals surface area contributed by atoms with Crippen LogP contribution in [0.2, 0.25) is 0 Å². The molecule has 6 nitrogen and oxygen atoms in total. The number of carbonyl (C=O) groups is 1. The van der Waals surface area contributed by atoms with Crippen molar-refractivity contribution in [1.29, 1.82) is 0 Å². The molecule has 1 amide bonds. The lowest BCUT2D eigenvalue weighted by atomic mass is 10.2. The van der Waals surface area contributed by atoms with Crippen molar-refractivity contribution in [3.63, 3.8) is 0 Å². The molecule has 0 fully saturated rings. The van der Waals surface area contributed by atoms with Crippen molar-refractivity contribution < 1.29 is 4.79 Å². The Hall–Kier alpha value is -2.50. The highest BCUT2D eigenvalue weighted by atomic mass is 16.1. The number of hydrogen-bond donors (Lipinski definition) is 1. The van der Waals surface area contributed by atoms with Gasteiger partial charge in [0.25, 0.3) is 5.91 Å². The van der Waals surface area contributed by atoms with E-state index in [1.54, 1.807) is 24.8 Å². The summed E-state index contributed by atoms with van der Waals surface area (Å²) >= 11 is 0. The minimum Gasteiger partial charge on any atom is -0.348 e. The van der Waals surface area contributed by atoms with Crippen LogP contribution in [0.25, 0.3) is 0 Å². The van der Waals surface area contributed by atoms with E-state index in [9.17, 15) is 4.79 Å². The fraction of sp³-hybridized carbons (Fsp3) is 0.375. The average molecular weight is 299 g/mol. The number of unbranched alkanes of at least 4 members (excludes halogenated alkanes) is 1. The van der Waals surface area contributed by atoms with Gasteiger partial charge in [-0.05, 0) is 24.1 Å². The lowest BCUT2D eigenvalue weighted by Crippen LogP contribution is -2.24. The van der Waals surface area contributed by atoms with Crippen LogP contribution in [-0.2, 0) is 6.54 Å². The zero-order valence-corrected chi connectivity index (χ0v) is 13.0. The molecule has 1 N–H and O–H groups in total. The second kappa shape index (κ2) is 8.07. The van der Waals surface area contributed by atoms with Crippen molar-refractivity contribution in [1.82, 2.24) is 20.3 Å². The Morgan fingerprint density at radius 1 is 1.23 bits per heavy atom. The molecule has 2 aromatic heterocycles. The van der Waals surface area contributed by atoms with E-state index in [-0.39, 0.29) is 5.91 Å². The molecule has 0 aromatic carbocycles. The number of pyridine rings is 1. The molecule has 0 spiro atoms. The van der Waals surface area contributed by atoms with Crippen molar-refractivity contribution in [2.75, 3.05) is 18.5 Å². The number of aromatic nitrogens is 3. The van der Waals surface area contributed by atoms with E-state index in [0.29, 0.717) is 18.1 Å².